The maximum absolute atomic E-state index is 13.5. The number of carbonyl (C=O) groups excluding carboxylic acids is 1. The van der Waals surface area contributed by atoms with Gasteiger partial charge in [0, 0.05) is 36.9 Å². The Hall–Kier alpha value is -3.36. The van der Waals surface area contributed by atoms with Crippen molar-refractivity contribution in [3.05, 3.63) is 60.4 Å². The molecule has 0 saturated carbocycles. The van der Waals surface area contributed by atoms with Crippen molar-refractivity contribution in [3.8, 4) is 28.3 Å². The summed E-state index contributed by atoms with van der Waals surface area (Å²) in [5.74, 6) is 1.01. The minimum absolute atomic E-state index is 0.162. The molecule has 8 heteroatoms. The first-order valence-electron chi connectivity index (χ1n) is 12.0. The summed E-state index contributed by atoms with van der Waals surface area (Å²) in [6.45, 7) is 8.02. The number of nitrogens with zero attached hydrogens (tertiary/aromatic N) is 3. The Morgan fingerprint density at radius 3 is 2.46 bits per heavy atom. The molecule has 1 aromatic heterocycles. The Morgan fingerprint density at radius 1 is 1.09 bits per heavy atom. The first-order valence-corrected chi connectivity index (χ1v) is 12.0. The van der Waals surface area contributed by atoms with E-state index < -0.39 is 0 Å². The number of carbonyl (C=O) groups is 1. The minimum atomic E-state index is -0.211. The lowest BCUT2D eigenvalue weighted by atomic mass is 9.95. The van der Waals surface area contributed by atoms with Crippen molar-refractivity contribution in [2.75, 3.05) is 47.1 Å². The Kier molecular flexibility index (Phi) is 7.73. The van der Waals surface area contributed by atoms with E-state index in [0.717, 1.165) is 36.3 Å². The number of nitrogens with one attached hydrogen (secondary N) is 1. The van der Waals surface area contributed by atoms with Gasteiger partial charge in [0.05, 0.1) is 33.1 Å². The Balaban J connectivity index is 1.66. The number of para-hydroxylation sites is 1. The van der Waals surface area contributed by atoms with Crippen LogP contribution in [0, 0.1) is 0 Å². The average Bonchev–Trinajstić information content (AvgIpc) is 3.38. The highest BCUT2D eigenvalue weighted by Crippen LogP contribution is 2.34. The molecule has 1 aliphatic heterocycles. The third-order valence-electron chi connectivity index (χ3n) is 6.81. The normalized spacial score (nSPS) is 15.9. The fourth-order valence-corrected chi connectivity index (χ4v) is 4.39. The van der Waals surface area contributed by atoms with Gasteiger partial charge in [-0.05, 0) is 43.2 Å². The fraction of sp³-hybridized carbons (Fsp3) is 0.407. The molecule has 35 heavy (non-hydrogen) atoms. The highest BCUT2D eigenvalue weighted by Gasteiger charge is 2.32. The number of ether oxygens (including phenoxy) is 3. The zero-order valence-electron chi connectivity index (χ0n) is 20.9. The van der Waals surface area contributed by atoms with Gasteiger partial charge in [0.15, 0.2) is 17.2 Å². The summed E-state index contributed by atoms with van der Waals surface area (Å²) in [6, 6.07) is 15.4. The van der Waals surface area contributed by atoms with Crippen LogP contribution in [0.25, 0.3) is 16.8 Å². The monoisotopic (exact) mass is 478 g/mol. The molecule has 1 N–H and O–H groups in total. The van der Waals surface area contributed by atoms with Crippen LogP contribution in [0.4, 0.5) is 0 Å². The summed E-state index contributed by atoms with van der Waals surface area (Å²) < 4.78 is 18.1. The molecule has 4 rings (SSSR count). The van der Waals surface area contributed by atoms with Gasteiger partial charge < -0.3 is 19.5 Å². The third kappa shape index (κ3) is 5.33. The van der Waals surface area contributed by atoms with Gasteiger partial charge in [-0.1, -0.05) is 31.2 Å². The highest BCUT2D eigenvalue weighted by molar-refractivity contribution is 5.99. The van der Waals surface area contributed by atoms with Crippen LogP contribution < -0.4 is 14.8 Å². The molecule has 0 radical (unpaired) electrons. The smallest absolute Gasteiger partial charge is 0.272 e. The van der Waals surface area contributed by atoms with E-state index in [2.05, 4.69) is 24.1 Å². The zero-order valence-corrected chi connectivity index (χ0v) is 20.9. The van der Waals surface area contributed by atoms with E-state index in [1.807, 2.05) is 54.7 Å². The second kappa shape index (κ2) is 10.9. The highest BCUT2D eigenvalue weighted by atomic mass is 16.5. The molecule has 2 aromatic carbocycles. The maximum Gasteiger partial charge on any atom is 0.272 e. The SMILES string of the molecule is CCC(C)(CNC(=O)c1nn(-c2ccccc2)cc1-c1ccc(OC)c(OC)c1)N1CCOCC1. The van der Waals surface area contributed by atoms with Gasteiger partial charge in [0.1, 0.15) is 0 Å². The van der Waals surface area contributed by atoms with Crippen LogP contribution in [-0.2, 0) is 4.74 Å². The van der Waals surface area contributed by atoms with Crippen LogP contribution >= 0.6 is 0 Å². The van der Waals surface area contributed by atoms with Crippen molar-refractivity contribution in [2.24, 2.45) is 0 Å². The van der Waals surface area contributed by atoms with E-state index in [1.54, 1.807) is 18.9 Å². The van der Waals surface area contributed by atoms with E-state index in [9.17, 15) is 4.79 Å². The average molecular weight is 479 g/mol. The maximum atomic E-state index is 13.5. The lowest BCUT2D eigenvalue weighted by molar-refractivity contribution is -0.0169. The van der Waals surface area contributed by atoms with Gasteiger partial charge in [-0.2, -0.15) is 5.10 Å². The second-order valence-electron chi connectivity index (χ2n) is 8.87. The van der Waals surface area contributed by atoms with Crippen LogP contribution in [0.15, 0.2) is 54.7 Å². The summed E-state index contributed by atoms with van der Waals surface area (Å²) in [4.78, 5) is 15.9. The van der Waals surface area contributed by atoms with E-state index in [1.165, 1.54) is 0 Å². The summed E-state index contributed by atoms with van der Waals surface area (Å²) >= 11 is 0. The Morgan fingerprint density at radius 2 is 1.80 bits per heavy atom. The van der Waals surface area contributed by atoms with Crippen LogP contribution in [-0.4, -0.2) is 73.2 Å². The molecule has 8 nitrogen and oxygen atoms in total. The van der Waals surface area contributed by atoms with Crippen molar-refractivity contribution in [3.63, 3.8) is 0 Å². The number of hydrogen-bond acceptors (Lipinski definition) is 6. The summed E-state index contributed by atoms with van der Waals surface area (Å²) in [6.07, 6.45) is 2.79. The lowest BCUT2D eigenvalue weighted by Crippen LogP contribution is -2.56. The molecule has 0 spiro atoms. The standard InChI is InChI=1S/C27H34N4O4/c1-5-27(2,30-13-15-35-16-14-30)19-28-26(32)25-22(18-31(29-25)21-9-7-6-8-10-21)20-11-12-23(33-3)24(17-20)34-4/h6-12,17-18H,5,13-16,19H2,1-4H3,(H,28,32). The van der Waals surface area contributed by atoms with E-state index >= 15 is 0 Å². The van der Waals surface area contributed by atoms with Crippen molar-refractivity contribution < 1.29 is 19.0 Å². The number of morpholine rings is 1. The third-order valence-corrected chi connectivity index (χ3v) is 6.81. The molecule has 1 unspecified atom stereocenters. The molecule has 0 bridgehead atoms. The van der Waals surface area contributed by atoms with E-state index in [4.69, 9.17) is 19.3 Å². The number of rotatable bonds is 9. The van der Waals surface area contributed by atoms with Gasteiger partial charge in [-0.15, -0.1) is 0 Å². The topological polar surface area (TPSA) is 77.9 Å². The zero-order chi connectivity index (χ0) is 24.8. The molecule has 3 aromatic rings. The molecule has 1 amide bonds. The van der Waals surface area contributed by atoms with Crippen LogP contribution in [0.5, 0.6) is 11.5 Å². The number of methoxy groups -OCH3 is 2. The first-order chi connectivity index (χ1) is 17.0. The number of amides is 1. The van der Waals surface area contributed by atoms with Crippen LogP contribution in [0.1, 0.15) is 30.8 Å². The van der Waals surface area contributed by atoms with E-state index in [-0.39, 0.29) is 11.4 Å². The number of benzene rings is 2. The Labute approximate surface area is 206 Å². The van der Waals surface area contributed by atoms with Crippen molar-refractivity contribution in [2.45, 2.75) is 25.8 Å². The van der Waals surface area contributed by atoms with Crippen LogP contribution in [0.3, 0.4) is 0 Å². The fourth-order valence-electron chi connectivity index (χ4n) is 4.39. The molecule has 1 fully saturated rings. The first kappa shape index (κ1) is 24.8. The molecule has 2 heterocycles. The van der Waals surface area contributed by atoms with Gasteiger partial charge in [-0.25, -0.2) is 4.68 Å². The van der Waals surface area contributed by atoms with Gasteiger partial charge in [0.25, 0.3) is 5.91 Å². The number of hydrogen-bond donors (Lipinski definition) is 1. The van der Waals surface area contributed by atoms with Crippen LogP contribution in [0.2, 0.25) is 0 Å². The summed E-state index contributed by atoms with van der Waals surface area (Å²) in [5.41, 5.74) is 2.62. The molecule has 1 atom stereocenters. The molecule has 1 aliphatic rings. The quantitative estimate of drug-likeness (QED) is 0.504. The van der Waals surface area contributed by atoms with E-state index in [0.29, 0.717) is 37.0 Å². The predicted octanol–water partition coefficient (Wildman–Crippen LogP) is 3.79. The predicted molar refractivity (Wildman–Crippen MR) is 136 cm³/mol. The number of aromatic nitrogens is 2. The van der Waals surface area contributed by atoms with Crippen molar-refractivity contribution >= 4 is 5.91 Å². The van der Waals surface area contributed by atoms with Gasteiger partial charge in [-0.3, -0.25) is 9.69 Å². The van der Waals surface area contributed by atoms with Crippen molar-refractivity contribution in [1.82, 2.24) is 20.0 Å². The Bertz CT molecular complexity index is 1140. The molecule has 186 valence electrons. The summed E-state index contributed by atoms with van der Waals surface area (Å²) in [5, 5.41) is 7.85. The van der Waals surface area contributed by atoms with Gasteiger partial charge >= 0.3 is 0 Å². The molecular weight excluding hydrogens is 444 g/mol. The lowest BCUT2D eigenvalue weighted by Gasteiger charge is -2.43. The minimum Gasteiger partial charge on any atom is -0.493 e. The van der Waals surface area contributed by atoms with Crippen molar-refractivity contribution in [1.29, 1.82) is 0 Å². The molecule has 1 saturated heterocycles. The molecule has 0 aliphatic carbocycles. The largest absolute Gasteiger partial charge is 0.493 e. The second-order valence-corrected chi connectivity index (χ2v) is 8.87. The summed E-state index contributed by atoms with van der Waals surface area (Å²) in [7, 11) is 3.20. The molecular formula is C27H34N4O4. The van der Waals surface area contributed by atoms with Gasteiger partial charge in [0.2, 0.25) is 0 Å².